The van der Waals surface area contributed by atoms with E-state index >= 15 is 0 Å². The molecule has 0 fully saturated rings. The number of hydrogen-bond donors (Lipinski definition) is 0. The predicted octanol–water partition coefficient (Wildman–Crippen LogP) is 10.1. The lowest BCUT2D eigenvalue weighted by atomic mass is 9.92. The average Bonchev–Trinajstić information content (AvgIpc) is 3.07. The van der Waals surface area contributed by atoms with Crippen LogP contribution in [0.3, 0.4) is 0 Å². The molecule has 3 heterocycles. The summed E-state index contributed by atoms with van der Waals surface area (Å²) in [4.78, 5) is 0. The highest BCUT2D eigenvalue weighted by atomic mass is 16.5. The zero-order chi connectivity index (χ0) is 29.6. The summed E-state index contributed by atoms with van der Waals surface area (Å²) in [6.07, 6.45) is 1.45. The highest BCUT2D eigenvalue weighted by molar-refractivity contribution is 6.09. The van der Waals surface area contributed by atoms with Crippen LogP contribution in [0.1, 0.15) is 12.8 Å². The SMILES string of the molecule is c1ccc2c3c(ccc2c1)OCCCOc1ccc(cc1)N=Nc1ccc(cc1)OCCCOc1ccc2ccccc2c1-3. The van der Waals surface area contributed by atoms with E-state index in [1.165, 1.54) is 0 Å². The zero-order valence-corrected chi connectivity index (χ0v) is 24.3. The minimum absolute atomic E-state index is 0.508. The first-order valence-corrected chi connectivity index (χ1v) is 15.0. The molecule has 3 aliphatic heterocycles. The van der Waals surface area contributed by atoms with Crippen LogP contribution in [0.4, 0.5) is 11.4 Å². The summed E-state index contributed by atoms with van der Waals surface area (Å²) in [6.45, 7) is 2.07. The zero-order valence-electron chi connectivity index (χ0n) is 24.3. The van der Waals surface area contributed by atoms with E-state index in [4.69, 9.17) is 18.9 Å². The number of ether oxygens (including phenoxy) is 4. The fourth-order valence-electron chi connectivity index (χ4n) is 5.46. The van der Waals surface area contributed by atoms with Gasteiger partial charge in [0.2, 0.25) is 0 Å². The van der Waals surface area contributed by atoms with E-state index in [0.717, 1.165) is 79.9 Å². The van der Waals surface area contributed by atoms with Crippen molar-refractivity contribution in [1.82, 2.24) is 0 Å². The maximum Gasteiger partial charge on any atom is 0.127 e. The Morgan fingerprint density at radius 1 is 0.386 bits per heavy atom. The third kappa shape index (κ3) is 6.06. The lowest BCUT2D eigenvalue weighted by Crippen LogP contribution is -2.07. The van der Waals surface area contributed by atoms with Crippen molar-refractivity contribution in [2.45, 2.75) is 12.8 Å². The van der Waals surface area contributed by atoms with Crippen LogP contribution in [0.15, 0.2) is 132 Å². The number of hydrogen-bond acceptors (Lipinski definition) is 6. The van der Waals surface area contributed by atoms with Gasteiger partial charge in [0.1, 0.15) is 23.0 Å². The fraction of sp³-hybridized carbons (Fsp3) is 0.158. The van der Waals surface area contributed by atoms with Crippen LogP contribution >= 0.6 is 0 Å². The molecule has 218 valence electrons. The first-order valence-electron chi connectivity index (χ1n) is 15.0. The molecule has 3 aliphatic rings. The van der Waals surface area contributed by atoms with Crippen molar-refractivity contribution < 1.29 is 18.9 Å². The van der Waals surface area contributed by atoms with E-state index < -0.39 is 0 Å². The van der Waals surface area contributed by atoms with E-state index in [1.807, 2.05) is 48.5 Å². The van der Waals surface area contributed by atoms with Gasteiger partial charge in [-0.1, -0.05) is 60.7 Å². The minimum Gasteiger partial charge on any atom is -0.493 e. The van der Waals surface area contributed by atoms with Crippen LogP contribution in [0, 0.1) is 0 Å². The van der Waals surface area contributed by atoms with Crippen LogP contribution < -0.4 is 18.9 Å². The van der Waals surface area contributed by atoms with Crippen LogP contribution in [-0.4, -0.2) is 26.4 Å². The van der Waals surface area contributed by atoms with E-state index in [0.29, 0.717) is 26.4 Å². The summed E-state index contributed by atoms with van der Waals surface area (Å²) < 4.78 is 25.0. The molecule has 0 saturated carbocycles. The average molecular weight is 581 g/mol. The third-order valence-corrected chi connectivity index (χ3v) is 7.62. The molecule has 0 amide bonds. The predicted molar refractivity (Wildman–Crippen MR) is 175 cm³/mol. The van der Waals surface area contributed by atoms with Crippen LogP contribution in [0.25, 0.3) is 32.7 Å². The Hall–Kier alpha value is -5.36. The van der Waals surface area contributed by atoms with Gasteiger partial charge in [-0.15, -0.1) is 0 Å². The molecule has 0 aliphatic carbocycles. The van der Waals surface area contributed by atoms with Crippen molar-refractivity contribution >= 4 is 32.9 Å². The number of benzene rings is 6. The molecule has 0 unspecified atom stereocenters. The maximum atomic E-state index is 6.50. The number of rotatable bonds is 0. The third-order valence-electron chi connectivity index (χ3n) is 7.62. The maximum absolute atomic E-state index is 6.50. The molecular weight excluding hydrogens is 548 g/mol. The molecule has 0 aromatic heterocycles. The van der Waals surface area contributed by atoms with Gasteiger partial charge < -0.3 is 18.9 Å². The van der Waals surface area contributed by atoms with Gasteiger partial charge in [-0.2, -0.15) is 10.2 Å². The van der Waals surface area contributed by atoms with Crippen LogP contribution in [0.2, 0.25) is 0 Å². The smallest absolute Gasteiger partial charge is 0.127 e. The summed E-state index contributed by atoms with van der Waals surface area (Å²) in [7, 11) is 0. The Balaban J connectivity index is 1.25. The first-order chi connectivity index (χ1) is 21.8. The van der Waals surface area contributed by atoms with Gasteiger partial charge in [-0.05, 0) is 82.2 Å². The normalized spacial score (nSPS) is 14.0. The number of nitrogens with zero attached hydrogens (tertiary/aromatic N) is 2. The summed E-state index contributed by atoms with van der Waals surface area (Å²) in [5.74, 6) is 3.20. The number of azo groups is 1. The monoisotopic (exact) mass is 580 g/mol. The Morgan fingerprint density at radius 2 is 0.795 bits per heavy atom. The minimum atomic E-state index is 0.508. The first kappa shape index (κ1) is 27.5. The van der Waals surface area contributed by atoms with Crippen molar-refractivity contribution in [2.75, 3.05) is 26.4 Å². The molecule has 6 nitrogen and oxygen atoms in total. The highest BCUT2D eigenvalue weighted by Gasteiger charge is 2.19. The van der Waals surface area contributed by atoms with Crippen LogP contribution in [0.5, 0.6) is 23.0 Å². The molecule has 0 spiro atoms. The van der Waals surface area contributed by atoms with Gasteiger partial charge in [-0.3, -0.25) is 0 Å². The second kappa shape index (κ2) is 12.9. The standard InChI is InChI=1S/C38H32N2O4/c1-3-9-33-27(7-1)11-21-35-37(33)38-34-10-4-2-8-28(34)12-22-36(38)44-26-6-24-42-32-19-15-30(16-20-32)40-39-29-13-17-31(18-14-29)41-23-5-25-43-35/h1-4,7-22H,5-6,23-26H2. The molecule has 6 heteroatoms. The molecule has 0 saturated heterocycles. The molecule has 6 aromatic rings. The van der Waals surface area contributed by atoms with Gasteiger partial charge in [-0.25, -0.2) is 0 Å². The van der Waals surface area contributed by atoms with Crippen molar-refractivity contribution in [3.8, 4) is 34.1 Å². The highest BCUT2D eigenvalue weighted by Crippen LogP contribution is 2.45. The van der Waals surface area contributed by atoms with Crippen molar-refractivity contribution in [1.29, 1.82) is 0 Å². The van der Waals surface area contributed by atoms with Gasteiger partial charge >= 0.3 is 0 Å². The van der Waals surface area contributed by atoms with Crippen LogP contribution in [-0.2, 0) is 0 Å². The van der Waals surface area contributed by atoms with Crippen molar-refractivity contribution in [2.24, 2.45) is 10.2 Å². The molecule has 4 bridgehead atoms. The quantitative estimate of drug-likeness (QED) is 0.179. The second-order valence-electron chi connectivity index (χ2n) is 10.6. The van der Waals surface area contributed by atoms with Gasteiger partial charge in [0, 0.05) is 24.0 Å². The molecule has 9 rings (SSSR count). The molecule has 0 radical (unpaired) electrons. The number of fused-ring (bicyclic) bond motifs is 4. The molecule has 44 heavy (non-hydrogen) atoms. The Labute approximate surface area is 256 Å². The van der Waals surface area contributed by atoms with Gasteiger partial charge in [0.15, 0.2) is 0 Å². The summed E-state index contributed by atoms with van der Waals surface area (Å²) in [5.41, 5.74) is 3.58. The Bertz CT molecular complexity index is 1780. The fourth-order valence-corrected chi connectivity index (χ4v) is 5.46. The van der Waals surface area contributed by atoms with Gasteiger partial charge in [0.25, 0.3) is 0 Å². The second-order valence-corrected chi connectivity index (χ2v) is 10.6. The molecule has 6 aromatic carbocycles. The largest absolute Gasteiger partial charge is 0.493 e. The summed E-state index contributed by atoms with van der Waals surface area (Å²) >= 11 is 0. The van der Waals surface area contributed by atoms with E-state index in [1.54, 1.807) is 0 Å². The summed E-state index contributed by atoms with van der Waals surface area (Å²) in [5, 5.41) is 13.2. The van der Waals surface area contributed by atoms with Crippen molar-refractivity contribution in [3.05, 3.63) is 121 Å². The van der Waals surface area contributed by atoms with Gasteiger partial charge in [0.05, 0.1) is 37.8 Å². The molecule has 0 atom stereocenters. The lowest BCUT2D eigenvalue weighted by molar-refractivity contribution is 0.246. The van der Waals surface area contributed by atoms with Crippen molar-refractivity contribution in [3.63, 3.8) is 0 Å². The lowest BCUT2D eigenvalue weighted by Gasteiger charge is -2.20. The summed E-state index contributed by atoms with van der Waals surface area (Å²) in [6, 6.07) is 40.5. The molecule has 0 N–H and O–H groups in total. The van der Waals surface area contributed by atoms with E-state index in [9.17, 15) is 0 Å². The Morgan fingerprint density at radius 3 is 1.25 bits per heavy atom. The Kier molecular flexibility index (Phi) is 8.04. The molecular formula is C38H32N2O4. The topological polar surface area (TPSA) is 61.6 Å². The van der Waals surface area contributed by atoms with E-state index in [-0.39, 0.29) is 0 Å². The van der Waals surface area contributed by atoms with E-state index in [2.05, 4.69) is 83.0 Å².